The number of aryl methyl sites for hydroxylation is 1. The molecule has 1 aromatic carbocycles. The minimum Gasteiger partial charge on any atom is -0.486 e. The molecule has 0 unspecified atom stereocenters. The Morgan fingerprint density at radius 2 is 1.81 bits per heavy atom. The number of fused-ring (bicyclic) bond motifs is 1. The van der Waals surface area contributed by atoms with Gasteiger partial charge < -0.3 is 18.9 Å². The van der Waals surface area contributed by atoms with E-state index in [2.05, 4.69) is 10.1 Å². The second-order valence-corrected chi connectivity index (χ2v) is 9.49. The number of hydrogen-bond donors (Lipinski definition) is 0. The molecule has 2 aromatic rings. The Morgan fingerprint density at radius 3 is 2.50 bits per heavy atom. The largest absolute Gasteiger partial charge is 0.486 e. The first-order valence-corrected chi connectivity index (χ1v) is 11.4. The van der Waals surface area contributed by atoms with Crippen LogP contribution in [0.1, 0.15) is 68.5 Å². The topological polar surface area (TPSA) is 94.8 Å². The fourth-order valence-corrected chi connectivity index (χ4v) is 4.03. The Balaban J connectivity index is 1.23. The summed E-state index contributed by atoms with van der Waals surface area (Å²) in [7, 11) is 0. The molecular weight excluding hydrogens is 410 g/mol. The Bertz CT molecular complexity index is 970. The summed E-state index contributed by atoms with van der Waals surface area (Å²) >= 11 is 0. The molecule has 2 aliphatic heterocycles. The number of benzene rings is 1. The molecule has 1 aromatic heterocycles. The van der Waals surface area contributed by atoms with Crippen molar-refractivity contribution in [1.82, 2.24) is 15.0 Å². The van der Waals surface area contributed by atoms with Gasteiger partial charge in [0.25, 0.3) is 0 Å². The molecule has 32 heavy (non-hydrogen) atoms. The number of aromatic nitrogens is 2. The molecule has 0 atom stereocenters. The molecule has 1 fully saturated rings. The Morgan fingerprint density at radius 1 is 1.09 bits per heavy atom. The standard InChI is InChI=1S/C24H31N3O5/c1-24(2,3)23-25-20(32-26-23)5-4-6-21(28)27-11-9-16(10-12-27)22(29)17-7-8-18-19(15-17)31-14-13-30-18/h7-8,15-16H,4-6,9-14H2,1-3H3. The Kier molecular flexibility index (Phi) is 6.48. The summed E-state index contributed by atoms with van der Waals surface area (Å²) in [6.07, 6.45) is 3.05. The van der Waals surface area contributed by atoms with Gasteiger partial charge in [0.1, 0.15) is 13.2 Å². The molecule has 2 aliphatic rings. The monoisotopic (exact) mass is 441 g/mol. The van der Waals surface area contributed by atoms with Gasteiger partial charge in [0.2, 0.25) is 11.8 Å². The maximum atomic E-state index is 12.9. The average Bonchev–Trinajstić information content (AvgIpc) is 3.28. The zero-order chi connectivity index (χ0) is 22.7. The lowest BCUT2D eigenvalue weighted by Crippen LogP contribution is -2.40. The number of rotatable bonds is 6. The highest BCUT2D eigenvalue weighted by Gasteiger charge is 2.29. The van der Waals surface area contributed by atoms with Crippen LogP contribution < -0.4 is 9.47 Å². The second kappa shape index (κ2) is 9.30. The molecule has 0 spiro atoms. The number of hydrogen-bond acceptors (Lipinski definition) is 7. The van der Waals surface area contributed by atoms with Crippen LogP contribution in [-0.4, -0.2) is 53.0 Å². The van der Waals surface area contributed by atoms with Gasteiger partial charge >= 0.3 is 0 Å². The van der Waals surface area contributed by atoms with Gasteiger partial charge in [0.15, 0.2) is 23.1 Å². The van der Waals surface area contributed by atoms with E-state index in [1.54, 1.807) is 18.2 Å². The quantitative estimate of drug-likeness (QED) is 0.632. The van der Waals surface area contributed by atoms with E-state index in [1.807, 2.05) is 25.7 Å². The van der Waals surface area contributed by atoms with Gasteiger partial charge in [-0.3, -0.25) is 9.59 Å². The van der Waals surface area contributed by atoms with Crippen LogP contribution in [-0.2, 0) is 16.6 Å². The van der Waals surface area contributed by atoms with Crippen molar-refractivity contribution in [2.24, 2.45) is 5.92 Å². The van der Waals surface area contributed by atoms with Crippen LogP contribution in [0, 0.1) is 5.92 Å². The minimum atomic E-state index is -0.154. The molecule has 1 saturated heterocycles. The number of Topliss-reactive ketones (excluding diaryl/α,β-unsaturated/α-hetero) is 1. The number of amides is 1. The van der Waals surface area contributed by atoms with Crippen LogP contribution in [0.3, 0.4) is 0 Å². The van der Waals surface area contributed by atoms with Gasteiger partial charge in [-0.15, -0.1) is 0 Å². The number of carbonyl (C=O) groups is 2. The normalized spacial score (nSPS) is 16.8. The fraction of sp³-hybridized carbons (Fsp3) is 0.583. The highest BCUT2D eigenvalue weighted by molar-refractivity contribution is 5.98. The van der Waals surface area contributed by atoms with Crippen molar-refractivity contribution >= 4 is 11.7 Å². The lowest BCUT2D eigenvalue weighted by molar-refractivity contribution is -0.132. The van der Waals surface area contributed by atoms with Gasteiger partial charge in [-0.2, -0.15) is 4.98 Å². The summed E-state index contributed by atoms with van der Waals surface area (Å²) in [6, 6.07) is 5.38. The lowest BCUT2D eigenvalue weighted by atomic mass is 9.88. The predicted octanol–water partition coefficient (Wildman–Crippen LogP) is 3.58. The van der Waals surface area contributed by atoms with E-state index >= 15 is 0 Å². The summed E-state index contributed by atoms with van der Waals surface area (Å²) < 4.78 is 16.4. The van der Waals surface area contributed by atoms with E-state index in [0.717, 1.165) is 0 Å². The van der Waals surface area contributed by atoms with Crippen molar-refractivity contribution in [1.29, 1.82) is 0 Å². The number of ether oxygens (including phenoxy) is 2. The SMILES string of the molecule is CC(C)(C)c1noc(CCCC(=O)N2CCC(C(=O)c3ccc4c(c3)OCCO4)CC2)n1. The molecule has 8 nitrogen and oxygen atoms in total. The third kappa shape index (κ3) is 5.11. The molecule has 0 radical (unpaired) electrons. The van der Waals surface area contributed by atoms with Gasteiger partial charge in [-0.25, -0.2) is 0 Å². The van der Waals surface area contributed by atoms with E-state index in [9.17, 15) is 9.59 Å². The van der Waals surface area contributed by atoms with Crippen LogP contribution in [0.2, 0.25) is 0 Å². The van der Waals surface area contributed by atoms with Crippen LogP contribution in [0.25, 0.3) is 0 Å². The van der Waals surface area contributed by atoms with Crippen molar-refractivity contribution in [2.75, 3.05) is 26.3 Å². The third-order valence-electron chi connectivity index (χ3n) is 5.97. The molecule has 0 saturated carbocycles. The average molecular weight is 442 g/mol. The molecule has 1 amide bonds. The first-order chi connectivity index (χ1) is 15.3. The number of nitrogens with zero attached hydrogens (tertiary/aromatic N) is 3. The lowest BCUT2D eigenvalue weighted by Gasteiger charge is -2.31. The highest BCUT2D eigenvalue weighted by Crippen LogP contribution is 2.32. The summed E-state index contributed by atoms with van der Waals surface area (Å²) in [6.45, 7) is 8.34. The molecule has 3 heterocycles. The van der Waals surface area contributed by atoms with Gasteiger partial charge in [0.05, 0.1) is 0 Å². The summed E-state index contributed by atoms with van der Waals surface area (Å²) in [4.78, 5) is 31.8. The molecular formula is C24H31N3O5. The van der Waals surface area contributed by atoms with Gasteiger partial charge in [-0.05, 0) is 37.5 Å². The second-order valence-electron chi connectivity index (χ2n) is 9.49. The molecule has 8 heteroatoms. The maximum absolute atomic E-state index is 12.9. The van der Waals surface area contributed by atoms with Crippen LogP contribution in [0.15, 0.2) is 22.7 Å². The smallest absolute Gasteiger partial charge is 0.226 e. The van der Waals surface area contributed by atoms with Gasteiger partial charge in [-0.1, -0.05) is 25.9 Å². The van der Waals surface area contributed by atoms with Crippen molar-refractivity contribution in [3.05, 3.63) is 35.5 Å². The summed E-state index contributed by atoms with van der Waals surface area (Å²) in [5, 5.41) is 4.02. The van der Waals surface area contributed by atoms with Crippen molar-refractivity contribution in [3.63, 3.8) is 0 Å². The van der Waals surface area contributed by atoms with E-state index in [0.29, 0.717) is 87.2 Å². The summed E-state index contributed by atoms with van der Waals surface area (Å²) in [5.74, 6) is 2.73. The summed E-state index contributed by atoms with van der Waals surface area (Å²) in [5.41, 5.74) is 0.493. The van der Waals surface area contributed by atoms with Gasteiger partial charge in [0, 0.05) is 42.8 Å². The number of piperidine rings is 1. The van der Waals surface area contributed by atoms with Crippen molar-refractivity contribution in [3.8, 4) is 11.5 Å². The molecule has 0 bridgehead atoms. The highest BCUT2D eigenvalue weighted by atomic mass is 16.6. The number of likely N-dealkylation sites (tertiary alicyclic amines) is 1. The first-order valence-electron chi connectivity index (χ1n) is 11.4. The number of ketones is 1. The third-order valence-corrected chi connectivity index (χ3v) is 5.97. The van der Waals surface area contributed by atoms with Crippen LogP contribution >= 0.6 is 0 Å². The first kappa shape index (κ1) is 22.3. The van der Waals surface area contributed by atoms with Crippen molar-refractivity contribution < 1.29 is 23.6 Å². The van der Waals surface area contributed by atoms with Crippen LogP contribution in [0.4, 0.5) is 0 Å². The van der Waals surface area contributed by atoms with E-state index < -0.39 is 0 Å². The number of carbonyl (C=O) groups excluding carboxylic acids is 2. The minimum absolute atomic E-state index is 0.0733. The molecule has 0 N–H and O–H groups in total. The van der Waals surface area contributed by atoms with E-state index in [1.165, 1.54) is 0 Å². The van der Waals surface area contributed by atoms with Crippen molar-refractivity contribution in [2.45, 2.75) is 58.3 Å². The zero-order valence-electron chi connectivity index (χ0n) is 19.1. The van der Waals surface area contributed by atoms with Crippen LogP contribution in [0.5, 0.6) is 11.5 Å². The fourth-order valence-electron chi connectivity index (χ4n) is 4.03. The Labute approximate surface area is 188 Å². The molecule has 4 rings (SSSR count). The van der Waals surface area contributed by atoms with E-state index in [4.69, 9.17) is 14.0 Å². The molecule has 172 valence electrons. The predicted molar refractivity (Wildman–Crippen MR) is 117 cm³/mol. The zero-order valence-corrected chi connectivity index (χ0v) is 19.1. The van der Waals surface area contributed by atoms with E-state index in [-0.39, 0.29) is 23.0 Å². The Hall–Kier alpha value is -2.90. The molecule has 0 aliphatic carbocycles. The maximum Gasteiger partial charge on any atom is 0.226 e.